The van der Waals surface area contributed by atoms with Crippen molar-refractivity contribution in [3.8, 4) is 0 Å². The second kappa shape index (κ2) is 15.8. The van der Waals surface area contributed by atoms with Crippen LogP contribution in [-0.4, -0.2) is 53.0 Å². The van der Waals surface area contributed by atoms with Gasteiger partial charge >= 0.3 is 11.9 Å². The van der Waals surface area contributed by atoms with E-state index in [0.29, 0.717) is 5.92 Å². The molecule has 2 aromatic carbocycles. The van der Waals surface area contributed by atoms with Crippen molar-refractivity contribution in [2.24, 2.45) is 40.4 Å². The van der Waals surface area contributed by atoms with Gasteiger partial charge in [0.25, 0.3) is 8.32 Å². The molecule has 314 valence electrons. The Hall–Kier alpha value is -2.53. The molecule has 0 radical (unpaired) electrons. The Morgan fingerprint density at radius 1 is 0.737 bits per heavy atom. The van der Waals surface area contributed by atoms with Gasteiger partial charge in [0, 0.05) is 43.8 Å². The van der Waals surface area contributed by atoms with Crippen LogP contribution in [-0.2, 0) is 27.9 Å². The summed E-state index contributed by atoms with van der Waals surface area (Å²) < 4.78 is 27.8. The van der Waals surface area contributed by atoms with Gasteiger partial charge < -0.3 is 18.3 Å². The lowest BCUT2D eigenvalue weighted by molar-refractivity contribution is -0.237. The number of allylic oxidation sites excluding steroid dienone is 1. The molecule has 0 bridgehead atoms. The third-order valence-electron chi connectivity index (χ3n) is 16.1. The van der Waals surface area contributed by atoms with E-state index in [0.717, 1.165) is 38.5 Å². The van der Waals surface area contributed by atoms with E-state index in [4.69, 9.17) is 18.3 Å². The highest BCUT2D eigenvalue weighted by Gasteiger charge is 2.67. The molecule has 0 spiro atoms. The van der Waals surface area contributed by atoms with Gasteiger partial charge in [-0.25, -0.2) is 0 Å². The van der Waals surface area contributed by atoms with Gasteiger partial charge in [0.05, 0.1) is 0 Å². The number of fused-ring (bicyclic) bond motifs is 5. The molecule has 2 unspecified atom stereocenters. The SMILES string of the molecule is CC(=O)O[C@@H]1[C@@H]2[C@H](CC[C@]3(C)C([C@H](C)C(C)O[Si](C)(C)C(C)(C)C)=CC[C@@H]23)[C@@]2(C)CC[C@H](O[Si](c3ccccc3)(c3ccccc3)C(C)(C)C)CC2[C@H]1OC(C)=O. The van der Waals surface area contributed by atoms with Gasteiger partial charge in [-0.2, -0.15) is 0 Å². The topological polar surface area (TPSA) is 71.1 Å². The average Bonchev–Trinajstić information content (AvgIpc) is 3.48. The van der Waals surface area contributed by atoms with Crippen LogP contribution in [0.3, 0.4) is 0 Å². The Morgan fingerprint density at radius 3 is 1.79 bits per heavy atom. The summed E-state index contributed by atoms with van der Waals surface area (Å²) in [6.07, 6.45) is 7.26. The van der Waals surface area contributed by atoms with Gasteiger partial charge in [0.2, 0.25) is 0 Å². The fraction of sp³-hybridized carbons (Fsp3) is 0.673. The monoisotopic (exact) mass is 815 g/mol. The lowest BCUT2D eigenvalue weighted by atomic mass is 9.43. The van der Waals surface area contributed by atoms with Crippen LogP contribution in [0.4, 0.5) is 0 Å². The van der Waals surface area contributed by atoms with E-state index < -0.39 is 28.8 Å². The molecule has 0 heterocycles. The second-order valence-electron chi connectivity index (χ2n) is 21.5. The van der Waals surface area contributed by atoms with Crippen LogP contribution in [0.5, 0.6) is 0 Å². The van der Waals surface area contributed by atoms with Gasteiger partial charge in [0.1, 0.15) is 12.2 Å². The predicted octanol–water partition coefficient (Wildman–Crippen LogP) is 10.6. The molecule has 8 heteroatoms. The summed E-state index contributed by atoms with van der Waals surface area (Å²) in [5, 5.41) is 2.51. The fourth-order valence-electron chi connectivity index (χ4n) is 12.2. The highest BCUT2D eigenvalue weighted by Crippen LogP contribution is 2.68. The Morgan fingerprint density at radius 2 is 1.28 bits per heavy atom. The molecule has 3 fully saturated rings. The van der Waals surface area contributed by atoms with E-state index in [1.165, 1.54) is 29.8 Å². The molecule has 4 aliphatic carbocycles. The summed E-state index contributed by atoms with van der Waals surface area (Å²) in [6.45, 7) is 31.2. The van der Waals surface area contributed by atoms with Crippen molar-refractivity contribution in [2.45, 2.75) is 169 Å². The number of hydrogen-bond donors (Lipinski definition) is 0. The minimum Gasteiger partial charge on any atom is -0.458 e. The smallest absolute Gasteiger partial charge is 0.303 e. The summed E-state index contributed by atoms with van der Waals surface area (Å²) in [5.41, 5.74) is 1.33. The van der Waals surface area contributed by atoms with Crippen LogP contribution in [0.2, 0.25) is 23.2 Å². The van der Waals surface area contributed by atoms with E-state index in [9.17, 15) is 9.59 Å². The summed E-state index contributed by atoms with van der Waals surface area (Å²) in [7, 11) is -4.81. The number of benzene rings is 2. The third kappa shape index (κ3) is 7.83. The van der Waals surface area contributed by atoms with Crippen molar-refractivity contribution >= 4 is 38.9 Å². The molecule has 0 aromatic heterocycles. The van der Waals surface area contributed by atoms with Crippen molar-refractivity contribution < 1.29 is 27.9 Å². The van der Waals surface area contributed by atoms with Crippen LogP contribution in [0, 0.1) is 40.4 Å². The first-order valence-electron chi connectivity index (χ1n) is 22.0. The molecule has 6 nitrogen and oxygen atoms in total. The number of rotatable bonds is 10. The van der Waals surface area contributed by atoms with E-state index in [1.54, 1.807) is 0 Å². The molecule has 0 N–H and O–H groups in total. The number of carbonyl (C=O) groups is 2. The van der Waals surface area contributed by atoms with Crippen molar-refractivity contribution in [1.82, 2.24) is 0 Å². The molecule has 0 amide bonds. The minimum absolute atomic E-state index is 0.0147. The van der Waals surface area contributed by atoms with Gasteiger partial charge in [-0.15, -0.1) is 0 Å². The summed E-state index contributed by atoms with van der Waals surface area (Å²) in [5.74, 6) is 0.308. The number of esters is 2. The Bertz CT molecular complexity index is 1740. The van der Waals surface area contributed by atoms with E-state index in [1.807, 2.05) is 0 Å². The first-order chi connectivity index (χ1) is 26.5. The highest BCUT2D eigenvalue weighted by atomic mass is 28.4. The molecule has 2 aromatic rings. The standard InChI is InChI=1S/C49H74O6Si2/c1-32(33(2)54-56(13,14)46(5,6)7)39-25-26-40-43-41(28-30-48(39,40)11)49(12)29-27-36(31-42(49)44(52-34(3)50)45(43)53-35(4)51)55-57(47(8,9)10,37-21-17-15-18-22-37)38-23-19-16-20-24-38/h15-25,32-33,36,40-45H,26-31H2,1-14H3/t32-,33?,36+,40+,41+,42?,43+,44-,45-,48-,49-/m1/s1. The molecule has 6 rings (SSSR count). The molecular weight excluding hydrogens is 741 g/mol. The number of ether oxygens (including phenoxy) is 2. The van der Waals surface area contributed by atoms with Crippen LogP contribution >= 0.6 is 0 Å². The molecule has 0 saturated heterocycles. The van der Waals surface area contributed by atoms with E-state index in [2.05, 4.69) is 149 Å². The zero-order chi connectivity index (χ0) is 41.9. The zero-order valence-corrected chi connectivity index (χ0v) is 39.7. The molecule has 57 heavy (non-hydrogen) atoms. The largest absolute Gasteiger partial charge is 0.458 e. The van der Waals surface area contributed by atoms with Gasteiger partial charge in [0.15, 0.2) is 8.32 Å². The Labute approximate surface area is 347 Å². The highest BCUT2D eigenvalue weighted by molar-refractivity contribution is 6.99. The fourth-order valence-corrected chi connectivity index (χ4v) is 18.4. The average molecular weight is 815 g/mol. The van der Waals surface area contributed by atoms with Gasteiger partial charge in [-0.3, -0.25) is 9.59 Å². The molecule has 0 aliphatic heterocycles. The number of carbonyl (C=O) groups excluding carboxylic acids is 2. The number of hydrogen-bond acceptors (Lipinski definition) is 6. The molecule has 3 saturated carbocycles. The summed E-state index contributed by atoms with van der Waals surface area (Å²) >= 11 is 0. The van der Waals surface area contributed by atoms with Crippen LogP contribution in [0.15, 0.2) is 72.3 Å². The first-order valence-corrected chi connectivity index (χ1v) is 26.8. The lowest BCUT2D eigenvalue weighted by Gasteiger charge is -2.64. The summed E-state index contributed by atoms with van der Waals surface area (Å²) in [6, 6.07) is 21.7. The Balaban J connectivity index is 1.36. The molecular formula is C49H74O6Si2. The molecule has 4 aliphatic rings. The van der Waals surface area contributed by atoms with Gasteiger partial charge in [-0.1, -0.05) is 135 Å². The van der Waals surface area contributed by atoms with Crippen LogP contribution in [0.1, 0.15) is 122 Å². The first kappa shape index (κ1) is 44.0. The minimum atomic E-state index is -2.84. The van der Waals surface area contributed by atoms with Gasteiger partial charge in [-0.05, 0) is 102 Å². The normalized spacial score (nSPS) is 32.9. The van der Waals surface area contributed by atoms with Crippen molar-refractivity contribution in [1.29, 1.82) is 0 Å². The molecule has 11 atom stereocenters. The predicted molar refractivity (Wildman–Crippen MR) is 236 cm³/mol. The maximum atomic E-state index is 13.2. The van der Waals surface area contributed by atoms with E-state index in [-0.39, 0.29) is 68.7 Å². The van der Waals surface area contributed by atoms with Crippen molar-refractivity contribution in [3.63, 3.8) is 0 Å². The zero-order valence-electron chi connectivity index (χ0n) is 37.7. The maximum Gasteiger partial charge on any atom is 0.303 e. The third-order valence-corrected chi connectivity index (χ3v) is 25.8. The maximum absolute atomic E-state index is 13.2. The Kier molecular flexibility index (Phi) is 12.2. The quantitative estimate of drug-likeness (QED) is 0.135. The van der Waals surface area contributed by atoms with Crippen LogP contribution in [0.25, 0.3) is 0 Å². The van der Waals surface area contributed by atoms with E-state index >= 15 is 0 Å². The second-order valence-corrected chi connectivity index (χ2v) is 30.5. The van der Waals surface area contributed by atoms with Crippen molar-refractivity contribution in [3.05, 3.63) is 72.3 Å². The van der Waals surface area contributed by atoms with Crippen molar-refractivity contribution in [2.75, 3.05) is 0 Å². The lowest BCUT2D eigenvalue weighted by Crippen LogP contribution is -2.69. The van der Waals surface area contributed by atoms with Crippen LogP contribution < -0.4 is 10.4 Å². The summed E-state index contributed by atoms with van der Waals surface area (Å²) in [4.78, 5) is 26.4.